The van der Waals surface area contributed by atoms with Crippen LogP contribution < -0.4 is 10.6 Å². The summed E-state index contributed by atoms with van der Waals surface area (Å²) in [5.74, 6) is -0.628. The van der Waals surface area contributed by atoms with E-state index in [9.17, 15) is 18.0 Å². The Labute approximate surface area is 147 Å². The first-order valence-corrected chi connectivity index (χ1v) is 8.65. The molecule has 1 aromatic heterocycles. The Hall–Kier alpha value is -2.82. The largest absolute Gasteiger partial charge is 0.457 e. The standard InChI is InChI=1S/C15H10N2O6S2/c18-13-11(14(19)17-15(24)16-13)7-9-3-6-12(23-9)8-1-4-10(5-2-8)25(20,21)22/h1-7H,(H,20,21,22)(H2,16,17,18,19,24). The van der Waals surface area contributed by atoms with Gasteiger partial charge in [-0.1, -0.05) is 0 Å². The number of hydrogen-bond acceptors (Lipinski definition) is 6. The molecular formula is C15H10N2O6S2. The van der Waals surface area contributed by atoms with E-state index in [0.29, 0.717) is 11.3 Å². The molecule has 0 bridgehead atoms. The van der Waals surface area contributed by atoms with Gasteiger partial charge in [-0.05, 0) is 54.7 Å². The topological polar surface area (TPSA) is 126 Å². The fourth-order valence-corrected chi connectivity index (χ4v) is 2.79. The second-order valence-corrected chi connectivity index (χ2v) is 6.83. The SMILES string of the molecule is O=C1NC(=S)NC(=O)C1=Cc1ccc(-c2ccc(S(=O)(=O)O)cc2)o1. The molecule has 0 aliphatic carbocycles. The Bertz CT molecular complexity index is 997. The third-order valence-electron chi connectivity index (χ3n) is 3.29. The number of furan rings is 1. The lowest BCUT2D eigenvalue weighted by atomic mass is 10.1. The minimum absolute atomic E-state index is 0.0637. The Balaban J connectivity index is 1.88. The van der Waals surface area contributed by atoms with Crippen LogP contribution >= 0.6 is 12.2 Å². The maximum atomic E-state index is 11.8. The molecule has 0 unspecified atom stereocenters. The molecule has 0 spiro atoms. The Morgan fingerprint density at radius 1 is 1.00 bits per heavy atom. The van der Waals surface area contributed by atoms with Gasteiger partial charge in [-0.25, -0.2) is 0 Å². The van der Waals surface area contributed by atoms with Gasteiger partial charge >= 0.3 is 0 Å². The number of hydrogen-bond donors (Lipinski definition) is 3. The van der Waals surface area contributed by atoms with Gasteiger partial charge in [0.05, 0.1) is 4.90 Å². The van der Waals surface area contributed by atoms with Crippen LogP contribution in [0, 0.1) is 0 Å². The average Bonchev–Trinajstić information content (AvgIpc) is 2.99. The van der Waals surface area contributed by atoms with E-state index in [1.807, 2.05) is 0 Å². The maximum Gasteiger partial charge on any atom is 0.294 e. The molecule has 10 heteroatoms. The number of amides is 2. The Kier molecular flexibility index (Phi) is 4.25. The molecule has 2 aromatic rings. The number of carbonyl (C=O) groups excluding carboxylic acids is 2. The highest BCUT2D eigenvalue weighted by Crippen LogP contribution is 2.25. The molecule has 128 valence electrons. The second kappa shape index (κ2) is 6.24. The molecule has 0 radical (unpaired) electrons. The van der Waals surface area contributed by atoms with E-state index >= 15 is 0 Å². The fourth-order valence-electron chi connectivity index (χ4n) is 2.13. The van der Waals surface area contributed by atoms with Crippen molar-refractivity contribution in [2.45, 2.75) is 4.90 Å². The van der Waals surface area contributed by atoms with Crippen LogP contribution in [-0.2, 0) is 19.7 Å². The number of thiocarbonyl (C=S) groups is 1. The predicted molar refractivity (Wildman–Crippen MR) is 90.8 cm³/mol. The van der Waals surface area contributed by atoms with Gasteiger partial charge in [0.25, 0.3) is 21.9 Å². The summed E-state index contributed by atoms with van der Waals surface area (Å²) in [6, 6.07) is 8.52. The molecule has 3 N–H and O–H groups in total. The van der Waals surface area contributed by atoms with Gasteiger partial charge < -0.3 is 4.42 Å². The van der Waals surface area contributed by atoms with Crippen molar-refractivity contribution >= 4 is 45.3 Å². The van der Waals surface area contributed by atoms with Gasteiger partial charge in [0.2, 0.25) is 0 Å². The van der Waals surface area contributed by atoms with E-state index < -0.39 is 21.9 Å². The molecule has 1 aliphatic rings. The fraction of sp³-hybridized carbons (Fsp3) is 0. The highest BCUT2D eigenvalue weighted by Gasteiger charge is 2.26. The molecule has 1 aromatic carbocycles. The monoisotopic (exact) mass is 378 g/mol. The second-order valence-electron chi connectivity index (χ2n) is 5.00. The van der Waals surface area contributed by atoms with Gasteiger partial charge in [0.1, 0.15) is 17.1 Å². The van der Waals surface area contributed by atoms with Crippen molar-refractivity contribution in [2.75, 3.05) is 0 Å². The number of nitrogens with one attached hydrogen (secondary N) is 2. The van der Waals surface area contributed by atoms with Crippen LogP contribution in [-0.4, -0.2) is 29.9 Å². The zero-order valence-electron chi connectivity index (χ0n) is 12.3. The van der Waals surface area contributed by atoms with Gasteiger partial charge in [-0.3, -0.25) is 24.8 Å². The van der Waals surface area contributed by atoms with Crippen molar-refractivity contribution in [3.05, 3.63) is 47.7 Å². The smallest absolute Gasteiger partial charge is 0.294 e. The molecule has 2 amide bonds. The maximum absolute atomic E-state index is 11.8. The highest BCUT2D eigenvalue weighted by atomic mass is 32.2. The summed E-state index contributed by atoms with van der Waals surface area (Å²) >= 11 is 4.71. The van der Waals surface area contributed by atoms with Gasteiger partial charge in [-0.2, -0.15) is 8.42 Å². The molecule has 2 heterocycles. The van der Waals surface area contributed by atoms with Crippen molar-refractivity contribution < 1.29 is 27.0 Å². The van der Waals surface area contributed by atoms with E-state index in [4.69, 9.17) is 21.2 Å². The zero-order chi connectivity index (χ0) is 18.2. The summed E-state index contributed by atoms with van der Waals surface area (Å²) in [4.78, 5) is 23.3. The minimum Gasteiger partial charge on any atom is -0.457 e. The lowest BCUT2D eigenvalue weighted by Gasteiger charge is -2.15. The molecule has 0 atom stereocenters. The van der Waals surface area contributed by atoms with Crippen molar-refractivity contribution in [3.8, 4) is 11.3 Å². The molecule has 1 saturated heterocycles. The predicted octanol–water partition coefficient (Wildman–Crippen LogP) is 1.11. The first-order chi connectivity index (χ1) is 11.7. The number of benzene rings is 1. The Morgan fingerprint density at radius 2 is 1.60 bits per heavy atom. The number of rotatable bonds is 3. The molecular weight excluding hydrogens is 368 g/mol. The quantitative estimate of drug-likeness (QED) is 0.316. The summed E-state index contributed by atoms with van der Waals surface area (Å²) in [7, 11) is -4.27. The van der Waals surface area contributed by atoms with Crippen LogP contribution in [0.5, 0.6) is 0 Å². The van der Waals surface area contributed by atoms with Crippen molar-refractivity contribution in [1.82, 2.24) is 10.6 Å². The third-order valence-corrected chi connectivity index (χ3v) is 4.37. The van der Waals surface area contributed by atoms with Crippen molar-refractivity contribution in [3.63, 3.8) is 0 Å². The van der Waals surface area contributed by atoms with Crippen LogP contribution in [0.25, 0.3) is 17.4 Å². The van der Waals surface area contributed by atoms with E-state index in [-0.39, 0.29) is 21.3 Å². The molecule has 1 fully saturated rings. The Morgan fingerprint density at radius 3 is 2.16 bits per heavy atom. The van der Waals surface area contributed by atoms with E-state index in [1.165, 1.54) is 30.3 Å². The van der Waals surface area contributed by atoms with Gasteiger partial charge in [0.15, 0.2) is 5.11 Å². The van der Waals surface area contributed by atoms with Gasteiger partial charge in [0, 0.05) is 5.56 Å². The lowest BCUT2D eigenvalue weighted by molar-refractivity contribution is -0.123. The normalized spacial score (nSPS) is 14.9. The first kappa shape index (κ1) is 17.0. The van der Waals surface area contributed by atoms with E-state index in [0.717, 1.165) is 0 Å². The summed E-state index contributed by atoms with van der Waals surface area (Å²) in [5.41, 5.74) is 0.395. The third kappa shape index (κ3) is 3.65. The average molecular weight is 378 g/mol. The van der Waals surface area contributed by atoms with E-state index in [2.05, 4.69) is 10.6 Å². The highest BCUT2D eigenvalue weighted by molar-refractivity contribution is 7.85. The first-order valence-electron chi connectivity index (χ1n) is 6.80. The zero-order valence-corrected chi connectivity index (χ0v) is 14.0. The summed E-state index contributed by atoms with van der Waals surface area (Å²) in [6.07, 6.45) is 1.27. The van der Waals surface area contributed by atoms with Crippen LogP contribution in [0.15, 0.2) is 51.3 Å². The van der Waals surface area contributed by atoms with Crippen LogP contribution in [0.1, 0.15) is 5.76 Å². The molecule has 1 aliphatic heterocycles. The van der Waals surface area contributed by atoms with E-state index in [1.54, 1.807) is 12.1 Å². The summed E-state index contributed by atoms with van der Waals surface area (Å²) in [5, 5.41) is 4.55. The van der Waals surface area contributed by atoms with Crippen LogP contribution in [0.4, 0.5) is 0 Å². The minimum atomic E-state index is -4.27. The molecule has 3 rings (SSSR count). The van der Waals surface area contributed by atoms with Crippen molar-refractivity contribution in [2.24, 2.45) is 0 Å². The molecule has 0 saturated carbocycles. The van der Waals surface area contributed by atoms with Crippen LogP contribution in [0.2, 0.25) is 0 Å². The molecule has 25 heavy (non-hydrogen) atoms. The van der Waals surface area contributed by atoms with Crippen molar-refractivity contribution in [1.29, 1.82) is 0 Å². The number of carbonyl (C=O) groups is 2. The summed E-state index contributed by atoms with van der Waals surface area (Å²) < 4.78 is 36.6. The van der Waals surface area contributed by atoms with Crippen LogP contribution in [0.3, 0.4) is 0 Å². The molecule has 8 nitrogen and oxygen atoms in total. The van der Waals surface area contributed by atoms with Gasteiger partial charge in [-0.15, -0.1) is 0 Å². The summed E-state index contributed by atoms with van der Waals surface area (Å²) in [6.45, 7) is 0. The lowest BCUT2D eigenvalue weighted by Crippen LogP contribution is -2.51.